The molecule has 170 valence electrons. The average Bonchev–Trinajstić information content (AvgIpc) is 3.23. The van der Waals surface area contributed by atoms with Gasteiger partial charge in [0, 0.05) is 24.5 Å². The van der Waals surface area contributed by atoms with E-state index in [2.05, 4.69) is 9.97 Å². The molecule has 0 atom stereocenters. The first-order valence-electron chi connectivity index (χ1n) is 10.3. The van der Waals surface area contributed by atoms with Crippen LogP contribution in [-0.2, 0) is 12.7 Å². The molecule has 0 saturated carbocycles. The van der Waals surface area contributed by atoms with Crippen molar-refractivity contribution >= 4 is 0 Å². The van der Waals surface area contributed by atoms with Crippen LogP contribution in [-0.4, -0.2) is 14.5 Å². The van der Waals surface area contributed by atoms with E-state index in [0.717, 1.165) is 12.1 Å². The number of hydrogen-bond donors (Lipinski definition) is 0. The van der Waals surface area contributed by atoms with Crippen molar-refractivity contribution in [1.82, 2.24) is 14.5 Å². The minimum Gasteiger partial charge on any atom is -0.347 e. The molecule has 8 heteroatoms. The van der Waals surface area contributed by atoms with Crippen molar-refractivity contribution in [2.75, 3.05) is 0 Å². The summed E-state index contributed by atoms with van der Waals surface area (Å²) in [6.07, 6.45) is -1.19. The number of pyridine rings is 1. The van der Waals surface area contributed by atoms with Crippen molar-refractivity contribution in [3.8, 4) is 33.9 Å². The second-order valence-electron chi connectivity index (χ2n) is 7.76. The van der Waals surface area contributed by atoms with E-state index >= 15 is 0 Å². The number of halogens is 5. The molecule has 0 aliphatic carbocycles. The minimum atomic E-state index is -4.54. The molecular weight excluding hydrogens is 449 g/mol. The van der Waals surface area contributed by atoms with Gasteiger partial charge in [-0.3, -0.25) is 0 Å². The Morgan fingerprint density at radius 3 is 2.18 bits per heavy atom. The minimum absolute atomic E-state index is 0.0812. The molecule has 0 aromatic heterocycles. The highest BCUT2D eigenvalue weighted by atomic mass is 19.4. The van der Waals surface area contributed by atoms with Crippen molar-refractivity contribution < 1.29 is 22.0 Å². The normalized spacial score (nSPS) is 11.8. The van der Waals surface area contributed by atoms with Gasteiger partial charge in [0.2, 0.25) is 0 Å². The number of nitrogens with zero attached hydrogens (tertiary/aromatic N) is 3. The molecule has 2 aliphatic rings. The Bertz CT molecular complexity index is 1460. The number of imidazole rings is 1. The van der Waals surface area contributed by atoms with Gasteiger partial charge in [-0.05, 0) is 41.5 Å². The summed E-state index contributed by atoms with van der Waals surface area (Å²) in [6.45, 7) is 0.130. The number of hydrogen-bond acceptors (Lipinski definition) is 2. The van der Waals surface area contributed by atoms with Gasteiger partial charge in [0.05, 0.1) is 16.8 Å². The van der Waals surface area contributed by atoms with Crippen LogP contribution in [0.25, 0.3) is 33.9 Å². The van der Waals surface area contributed by atoms with Gasteiger partial charge < -0.3 is 4.57 Å². The second-order valence-corrected chi connectivity index (χ2v) is 7.76. The van der Waals surface area contributed by atoms with E-state index in [1.54, 1.807) is 41.2 Å². The molecular formula is C26H16F5N3. The zero-order chi connectivity index (χ0) is 23.9. The Morgan fingerprint density at radius 1 is 0.735 bits per heavy atom. The molecule has 0 N–H and O–H groups in total. The molecule has 0 radical (unpaired) electrons. The maximum Gasteiger partial charge on any atom is 0.417 e. The first-order valence-corrected chi connectivity index (χ1v) is 10.3. The molecule has 2 aliphatic heterocycles. The fourth-order valence-electron chi connectivity index (χ4n) is 3.83. The molecule has 0 spiro atoms. The highest BCUT2D eigenvalue weighted by molar-refractivity contribution is 5.69. The summed E-state index contributed by atoms with van der Waals surface area (Å²) >= 11 is 0. The molecule has 0 unspecified atom stereocenters. The maximum absolute atomic E-state index is 14.9. The van der Waals surface area contributed by atoms with Gasteiger partial charge in [0.15, 0.2) is 5.82 Å². The lowest BCUT2D eigenvalue weighted by Crippen LogP contribution is -2.07. The first-order chi connectivity index (χ1) is 16.3. The first kappa shape index (κ1) is 21.8. The standard InChI is InChI=1S/C26H16F5N3/c27-21-8-4-2-6-19(21)25-32-23-11-12-34(15-24(23)33-25)14-17-10-9-16(13-22(17)28)18-5-1-3-7-20(18)26(29,30)31/h1-13,15H,14H2. The summed E-state index contributed by atoms with van der Waals surface area (Å²) in [5.74, 6) is -0.799. The lowest BCUT2D eigenvalue weighted by Gasteiger charge is -2.14. The van der Waals surface area contributed by atoms with Crippen LogP contribution >= 0.6 is 0 Å². The van der Waals surface area contributed by atoms with Crippen LogP contribution in [0.15, 0.2) is 85.2 Å². The number of aromatic nitrogens is 3. The quantitative estimate of drug-likeness (QED) is 0.266. The SMILES string of the molecule is Fc1cc(-c2ccccc2C(F)(F)F)ccc1Cn1ccc2nc(-c3ccccc3F)nc-2c1. The van der Waals surface area contributed by atoms with E-state index in [4.69, 9.17) is 0 Å². The highest BCUT2D eigenvalue weighted by Crippen LogP contribution is 2.37. The fraction of sp³-hybridized carbons (Fsp3) is 0.0769. The molecule has 3 aromatic carbocycles. The van der Waals surface area contributed by atoms with E-state index in [0.29, 0.717) is 17.0 Å². The maximum atomic E-state index is 14.9. The predicted octanol–water partition coefficient (Wildman–Crippen LogP) is 7.06. The third-order valence-electron chi connectivity index (χ3n) is 5.49. The van der Waals surface area contributed by atoms with Crippen molar-refractivity contribution in [3.63, 3.8) is 0 Å². The van der Waals surface area contributed by atoms with Crippen LogP contribution in [0, 0.1) is 11.6 Å². The lowest BCUT2D eigenvalue weighted by atomic mass is 9.98. The number of alkyl halides is 3. The topological polar surface area (TPSA) is 30.7 Å². The smallest absolute Gasteiger partial charge is 0.347 e. The molecule has 0 amide bonds. The van der Waals surface area contributed by atoms with Crippen LogP contribution in [0.3, 0.4) is 0 Å². The van der Waals surface area contributed by atoms with Crippen LogP contribution < -0.4 is 0 Å². The highest BCUT2D eigenvalue weighted by Gasteiger charge is 2.33. The Labute approximate surface area is 191 Å². The lowest BCUT2D eigenvalue weighted by molar-refractivity contribution is -0.137. The van der Waals surface area contributed by atoms with Crippen molar-refractivity contribution in [1.29, 1.82) is 0 Å². The summed E-state index contributed by atoms with van der Waals surface area (Å²) in [5, 5.41) is 0. The van der Waals surface area contributed by atoms with Crippen LogP contribution in [0.1, 0.15) is 11.1 Å². The van der Waals surface area contributed by atoms with Crippen molar-refractivity contribution in [2.45, 2.75) is 12.7 Å². The zero-order valence-corrected chi connectivity index (χ0v) is 17.5. The van der Waals surface area contributed by atoms with Gasteiger partial charge >= 0.3 is 6.18 Å². The number of rotatable bonds is 4. The van der Waals surface area contributed by atoms with Crippen LogP contribution in [0.5, 0.6) is 0 Å². The monoisotopic (exact) mass is 465 g/mol. The largest absolute Gasteiger partial charge is 0.417 e. The van der Waals surface area contributed by atoms with E-state index < -0.39 is 23.4 Å². The predicted molar refractivity (Wildman–Crippen MR) is 118 cm³/mol. The number of fused-ring (bicyclic) bond motifs is 1. The van der Waals surface area contributed by atoms with Crippen LogP contribution in [0.4, 0.5) is 22.0 Å². The summed E-state index contributed by atoms with van der Waals surface area (Å²) in [7, 11) is 0. The van der Waals surface area contributed by atoms with E-state index in [9.17, 15) is 22.0 Å². The molecule has 2 heterocycles. The van der Waals surface area contributed by atoms with Gasteiger partial charge in [-0.2, -0.15) is 13.2 Å². The van der Waals surface area contributed by atoms with Crippen LogP contribution in [0.2, 0.25) is 0 Å². The van der Waals surface area contributed by atoms with Crippen molar-refractivity contribution in [2.24, 2.45) is 0 Å². The summed E-state index contributed by atoms with van der Waals surface area (Å²) in [4.78, 5) is 8.74. The van der Waals surface area contributed by atoms with Gasteiger partial charge in [0.25, 0.3) is 0 Å². The Hall–Kier alpha value is -4.07. The molecule has 0 saturated heterocycles. The van der Waals surface area contributed by atoms with E-state index in [1.165, 1.54) is 36.4 Å². The summed E-state index contributed by atoms with van der Waals surface area (Å²) in [5.41, 5.74) is 0.902. The molecule has 0 bridgehead atoms. The zero-order valence-electron chi connectivity index (χ0n) is 17.5. The second kappa shape index (κ2) is 8.37. The third kappa shape index (κ3) is 4.14. The van der Waals surface area contributed by atoms with E-state index in [-0.39, 0.29) is 29.1 Å². The van der Waals surface area contributed by atoms with Gasteiger partial charge in [-0.1, -0.05) is 42.5 Å². The molecule has 3 aromatic rings. The summed E-state index contributed by atoms with van der Waals surface area (Å²) in [6, 6.07) is 17.0. The molecule has 34 heavy (non-hydrogen) atoms. The Kier molecular flexibility index (Phi) is 5.36. The summed E-state index contributed by atoms with van der Waals surface area (Å²) < 4.78 is 70.6. The molecule has 0 fully saturated rings. The van der Waals surface area contributed by atoms with Gasteiger partial charge in [-0.15, -0.1) is 0 Å². The molecule has 5 rings (SSSR count). The van der Waals surface area contributed by atoms with Gasteiger partial charge in [0.1, 0.15) is 17.3 Å². The Balaban J connectivity index is 1.44. The fourth-order valence-corrected chi connectivity index (χ4v) is 3.83. The van der Waals surface area contributed by atoms with E-state index in [1.807, 2.05) is 0 Å². The Morgan fingerprint density at radius 2 is 1.44 bits per heavy atom. The van der Waals surface area contributed by atoms with Gasteiger partial charge in [-0.25, -0.2) is 18.7 Å². The van der Waals surface area contributed by atoms with Crippen molar-refractivity contribution in [3.05, 3.63) is 108 Å². The number of benzene rings is 3. The third-order valence-corrected chi connectivity index (χ3v) is 5.49. The molecule has 3 nitrogen and oxygen atoms in total. The average molecular weight is 465 g/mol.